The van der Waals surface area contributed by atoms with Gasteiger partial charge in [0.15, 0.2) is 0 Å². The number of hydrogen-bond acceptors (Lipinski definition) is 3. The van der Waals surface area contributed by atoms with Crippen LogP contribution in [-0.2, 0) is 16.0 Å². The fourth-order valence-electron chi connectivity index (χ4n) is 5.22. The molecule has 2 heterocycles. The van der Waals surface area contributed by atoms with Crippen molar-refractivity contribution in [2.24, 2.45) is 11.3 Å². The van der Waals surface area contributed by atoms with Crippen molar-refractivity contribution < 1.29 is 9.59 Å². The van der Waals surface area contributed by atoms with Gasteiger partial charge in [-0.15, -0.1) is 0 Å². The van der Waals surface area contributed by atoms with E-state index in [1.807, 2.05) is 30.9 Å². The van der Waals surface area contributed by atoms with Gasteiger partial charge in [-0.05, 0) is 81.2 Å². The molecular formula is C28H35N3O2. The summed E-state index contributed by atoms with van der Waals surface area (Å²) in [6.45, 7) is 5.22. The molecule has 2 amide bonds. The molecule has 0 saturated carbocycles. The molecule has 1 aromatic heterocycles. The van der Waals surface area contributed by atoms with Crippen molar-refractivity contribution in [3.63, 3.8) is 0 Å². The number of piperidine rings is 1. The molecule has 0 radical (unpaired) electrons. The summed E-state index contributed by atoms with van der Waals surface area (Å²) in [4.78, 5) is 33.0. The number of rotatable bonds is 6. The average molecular weight is 446 g/mol. The molecule has 1 fully saturated rings. The maximum atomic E-state index is 13.6. The first-order chi connectivity index (χ1) is 16.0. The minimum absolute atomic E-state index is 0.0500. The molecule has 1 aliphatic heterocycles. The van der Waals surface area contributed by atoms with Crippen molar-refractivity contribution in [3.8, 4) is 11.1 Å². The van der Waals surface area contributed by atoms with Crippen LogP contribution >= 0.6 is 0 Å². The maximum Gasteiger partial charge on any atom is 0.228 e. The first kappa shape index (κ1) is 23.2. The predicted octanol–water partition coefficient (Wildman–Crippen LogP) is 4.78. The molecule has 33 heavy (non-hydrogen) atoms. The summed E-state index contributed by atoms with van der Waals surface area (Å²) >= 11 is 0. The lowest BCUT2D eigenvalue weighted by molar-refractivity contribution is -0.144. The average Bonchev–Trinajstić information content (AvgIpc) is 2.84. The van der Waals surface area contributed by atoms with Crippen molar-refractivity contribution in [2.45, 2.75) is 58.4 Å². The number of likely N-dealkylation sites (tertiary alicyclic amines) is 1. The van der Waals surface area contributed by atoms with Crippen molar-refractivity contribution in [1.82, 2.24) is 15.2 Å². The van der Waals surface area contributed by atoms with Crippen LogP contribution in [0.4, 0.5) is 0 Å². The van der Waals surface area contributed by atoms with Gasteiger partial charge < -0.3 is 10.2 Å². The Morgan fingerprint density at radius 2 is 1.97 bits per heavy atom. The molecule has 2 atom stereocenters. The van der Waals surface area contributed by atoms with Gasteiger partial charge in [0.25, 0.3) is 0 Å². The number of hydrogen-bond donors (Lipinski definition) is 1. The summed E-state index contributed by atoms with van der Waals surface area (Å²) in [5.74, 6) is 0.327. The van der Waals surface area contributed by atoms with Gasteiger partial charge in [-0.2, -0.15) is 0 Å². The van der Waals surface area contributed by atoms with Crippen molar-refractivity contribution in [1.29, 1.82) is 0 Å². The summed E-state index contributed by atoms with van der Waals surface area (Å²) in [7, 11) is 0. The number of allylic oxidation sites excluding steroid dienone is 2. The van der Waals surface area contributed by atoms with Gasteiger partial charge in [0.2, 0.25) is 11.8 Å². The number of benzene rings is 1. The van der Waals surface area contributed by atoms with Crippen molar-refractivity contribution >= 4 is 11.8 Å². The molecular weight excluding hydrogens is 410 g/mol. The van der Waals surface area contributed by atoms with Crippen LogP contribution in [0.3, 0.4) is 0 Å². The molecule has 0 bridgehead atoms. The Morgan fingerprint density at radius 3 is 2.70 bits per heavy atom. The Balaban J connectivity index is 1.60. The standard InChI is InChI=1S/C28H35N3O2/c1-21(2)30-27(33)28(14-7-17-31(20-28)26(32)24-9-4-3-5-10-24)19-22-8-6-11-25(18-22)23-12-15-29-16-13-23/h3-4,6,8,11-13,15-16,18,21,24H,5,7,9-10,14,17,19-20H2,1-2H3,(H,30,33). The van der Waals surface area contributed by atoms with Crippen LogP contribution in [0, 0.1) is 11.3 Å². The van der Waals surface area contributed by atoms with E-state index in [9.17, 15) is 9.59 Å². The molecule has 1 saturated heterocycles. The fraction of sp³-hybridized carbons (Fsp3) is 0.464. The predicted molar refractivity (Wildman–Crippen MR) is 131 cm³/mol. The number of carbonyl (C=O) groups excluding carboxylic acids is 2. The van der Waals surface area contributed by atoms with Gasteiger partial charge in [-0.25, -0.2) is 0 Å². The quantitative estimate of drug-likeness (QED) is 0.651. The number of pyridine rings is 1. The van der Waals surface area contributed by atoms with Crippen LogP contribution in [0.15, 0.2) is 60.9 Å². The van der Waals surface area contributed by atoms with Gasteiger partial charge in [0.1, 0.15) is 0 Å². The highest BCUT2D eigenvalue weighted by Crippen LogP contribution is 2.36. The third kappa shape index (κ3) is 5.52. The second kappa shape index (κ2) is 10.3. The molecule has 1 aliphatic carbocycles. The van der Waals surface area contributed by atoms with E-state index in [0.29, 0.717) is 13.0 Å². The van der Waals surface area contributed by atoms with Crippen LogP contribution in [0.2, 0.25) is 0 Å². The summed E-state index contributed by atoms with van der Waals surface area (Å²) < 4.78 is 0. The van der Waals surface area contributed by atoms with Crippen LogP contribution in [0.1, 0.15) is 51.5 Å². The Kier molecular flexibility index (Phi) is 7.26. The van der Waals surface area contributed by atoms with E-state index in [4.69, 9.17) is 0 Å². The summed E-state index contributed by atoms with van der Waals surface area (Å²) in [6.07, 6.45) is 12.8. The van der Waals surface area contributed by atoms with Crippen LogP contribution in [-0.4, -0.2) is 40.8 Å². The maximum absolute atomic E-state index is 13.6. The largest absolute Gasteiger partial charge is 0.353 e. The van der Waals surface area contributed by atoms with Gasteiger partial charge in [-0.3, -0.25) is 14.6 Å². The second-order valence-corrected chi connectivity index (χ2v) is 9.87. The van der Waals surface area contributed by atoms with Crippen molar-refractivity contribution in [2.75, 3.05) is 13.1 Å². The summed E-state index contributed by atoms with van der Waals surface area (Å²) in [5, 5.41) is 3.16. The van der Waals surface area contributed by atoms with Gasteiger partial charge in [0, 0.05) is 37.4 Å². The first-order valence-electron chi connectivity index (χ1n) is 12.2. The highest BCUT2D eigenvalue weighted by molar-refractivity contribution is 5.86. The minimum atomic E-state index is -0.612. The normalized spacial score (nSPS) is 22.9. The monoisotopic (exact) mass is 445 g/mol. The Morgan fingerprint density at radius 1 is 1.15 bits per heavy atom. The topological polar surface area (TPSA) is 62.3 Å². The summed E-state index contributed by atoms with van der Waals surface area (Å²) in [5.41, 5.74) is 2.74. The minimum Gasteiger partial charge on any atom is -0.353 e. The van der Waals surface area contributed by atoms with E-state index in [0.717, 1.165) is 55.3 Å². The number of carbonyl (C=O) groups is 2. The lowest BCUT2D eigenvalue weighted by Crippen LogP contribution is -2.56. The van der Waals surface area contributed by atoms with E-state index in [-0.39, 0.29) is 23.8 Å². The number of nitrogens with one attached hydrogen (secondary N) is 1. The van der Waals surface area contributed by atoms with Gasteiger partial charge in [0.05, 0.1) is 5.41 Å². The van der Waals surface area contributed by atoms with Gasteiger partial charge >= 0.3 is 0 Å². The zero-order valence-corrected chi connectivity index (χ0v) is 19.8. The molecule has 4 rings (SSSR count). The molecule has 1 N–H and O–H groups in total. The number of aromatic nitrogens is 1. The lowest BCUT2D eigenvalue weighted by Gasteiger charge is -2.43. The highest BCUT2D eigenvalue weighted by Gasteiger charge is 2.44. The molecule has 5 nitrogen and oxygen atoms in total. The van der Waals surface area contributed by atoms with E-state index >= 15 is 0 Å². The molecule has 5 heteroatoms. The first-order valence-corrected chi connectivity index (χ1v) is 12.2. The Bertz CT molecular complexity index is 1000. The molecule has 174 valence electrons. The van der Waals surface area contributed by atoms with E-state index in [1.165, 1.54) is 0 Å². The third-order valence-corrected chi connectivity index (χ3v) is 6.89. The van der Waals surface area contributed by atoms with Crippen LogP contribution in [0.5, 0.6) is 0 Å². The van der Waals surface area contributed by atoms with Crippen LogP contribution < -0.4 is 5.32 Å². The molecule has 2 aromatic rings. The second-order valence-electron chi connectivity index (χ2n) is 9.87. The third-order valence-electron chi connectivity index (χ3n) is 6.89. The Hall–Kier alpha value is -2.95. The molecule has 2 unspecified atom stereocenters. The van der Waals surface area contributed by atoms with E-state index < -0.39 is 5.41 Å². The fourth-order valence-corrected chi connectivity index (χ4v) is 5.22. The SMILES string of the molecule is CC(C)NC(=O)C1(Cc2cccc(-c3ccncc3)c2)CCCN(C(=O)C2CC=CCC2)C1. The van der Waals surface area contributed by atoms with E-state index in [2.05, 4.69) is 46.7 Å². The number of amides is 2. The number of nitrogens with zero attached hydrogens (tertiary/aromatic N) is 2. The van der Waals surface area contributed by atoms with Crippen LogP contribution in [0.25, 0.3) is 11.1 Å². The molecule has 1 aromatic carbocycles. The lowest BCUT2D eigenvalue weighted by atomic mass is 9.73. The Labute approximate surface area is 197 Å². The highest BCUT2D eigenvalue weighted by atomic mass is 16.2. The summed E-state index contributed by atoms with van der Waals surface area (Å²) in [6, 6.07) is 12.5. The molecule has 0 spiro atoms. The van der Waals surface area contributed by atoms with Crippen molar-refractivity contribution in [3.05, 3.63) is 66.5 Å². The van der Waals surface area contributed by atoms with Gasteiger partial charge in [-0.1, -0.05) is 36.4 Å². The van der Waals surface area contributed by atoms with E-state index in [1.54, 1.807) is 12.4 Å². The zero-order valence-electron chi connectivity index (χ0n) is 19.8. The zero-order chi connectivity index (χ0) is 23.3. The molecule has 2 aliphatic rings. The smallest absolute Gasteiger partial charge is 0.228 e.